The lowest BCUT2D eigenvalue weighted by Gasteiger charge is -2.16. The molecule has 1 aromatic heterocycles. The van der Waals surface area contributed by atoms with Gasteiger partial charge < -0.3 is 15.7 Å². The molecule has 0 unspecified atom stereocenters. The predicted molar refractivity (Wildman–Crippen MR) is 97.1 cm³/mol. The van der Waals surface area contributed by atoms with Crippen molar-refractivity contribution in [3.8, 4) is 11.8 Å². The fourth-order valence-electron chi connectivity index (χ4n) is 3.06. The van der Waals surface area contributed by atoms with Crippen LogP contribution in [0.1, 0.15) is 58.2 Å². The van der Waals surface area contributed by atoms with Crippen molar-refractivity contribution in [2.45, 2.75) is 64.5 Å². The van der Waals surface area contributed by atoms with Gasteiger partial charge in [0.1, 0.15) is 0 Å². The molecule has 0 bridgehead atoms. The molecule has 3 saturated carbocycles. The molecule has 4 rings (SSSR count). The topological polar surface area (TPSA) is 83.0 Å². The smallest absolute Gasteiger partial charge is 0.228 e. The Morgan fingerprint density at radius 1 is 1.00 bits per heavy atom. The second kappa shape index (κ2) is 6.45. The minimum Gasteiger partial charge on any atom is -0.395 e. The zero-order valence-electron chi connectivity index (χ0n) is 15.0. The summed E-state index contributed by atoms with van der Waals surface area (Å²) >= 11 is 0. The van der Waals surface area contributed by atoms with E-state index in [2.05, 4.69) is 51.3 Å². The molecule has 0 aliphatic heterocycles. The molecule has 0 aromatic carbocycles. The Balaban J connectivity index is 1.54. The van der Waals surface area contributed by atoms with Gasteiger partial charge in [0.2, 0.25) is 17.7 Å². The highest BCUT2D eigenvalue weighted by Gasteiger charge is 2.40. The first-order valence-corrected chi connectivity index (χ1v) is 9.50. The summed E-state index contributed by atoms with van der Waals surface area (Å²) in [6.07, 6.45) is 7.00. The van der Waals surface area contributed by atoms with Crippen LogP contribution in [-0.2, 0) is 0 Å². The van der Waals surface area contributed by atoms with E-state index in [0.717, 1.165) is 24.7 Å². The van der Waals surface area contributed by atoms with Crippen LogP contribution in [0.25, 0.3) is 0 Å². The van der Waals surface area contributed by atoms with E-state index in [1.54, 1.807) is 0 Å². The van der Waals surface area contributed by atoms with E-state index in [-0.39, 0.29) is 12.0 Å². The van der Waals surface area contributed by atoms with Crippen molar-refractivity contribution in [3.63, 3.8) is 0 Å². The summed E-state index contributed by atoms with van der Waals surface area (Å²) in [6, 6.07) is 0.730. The summed E-state index contributed by atoms with van der Waals surface area (Å²) in [6.45, 7) is 4.47. The largest absolute Gasteiger partial charge is 0.395 e. The molecule has 3 aliphatic carbocycles. The Bertz CT molecular complexity index is 659. The second-order valence-corrected chi connectivity index (χ2v) is 8.04. The number of hydrogen-bond acceptors (Lipinski definition) is 6. The van der Waals surface area contributed by atoms with Gasteiger partial charge in [-0.15, -0.1) is 0 Å². The number of aromatic nitrogens is 3. The van der Waals surface area contributed by atoms with E-state index in [1.807, 2.05) is 0 Å². The number of anilines is 2. The van der Waals surface area contributed by atoms with Gasteiger partial charge in [0.05, 0.1) is 12.0 Å². The normalized spacial score (nSPS) is 23.2. The first kappa shape index (κ1) is 16.6. The second-order valence-electron chi connectivity index (χ2n) is 8.04. The Labute approximate surface area is 149 Å². The van der Waals surface area contributed by atoms with Crippen molar-refractivity contribution in [1.29, 1.82) is 0 Å². The van der Waals surface area contributed by atoms with Gasteiger partial charge in [0.15, 0.2) is 0 Å². The van der Waals surface area contributed by atoms with E-state index in [0.29, 0.717) is 29.8 Å². The Hall–Kier alpha value is -1.87. The van der Waals surface area contributed by atoms with Gasteiger partial charge >= 0.3 is 0 Å². The summed E-state index contributed by atoms with van der Waals surface area (Å²) in [5, 5.41) is 16.3. The van der Waals surface area contributed by atoms with E-state index < -0.39 is 0 Å². The summed E-state index contributed by atoms with van der Waals surface area (Å²) in [7, 11) is 0. The van der Waals surface area contributed by atoms with Gasteiger partial charge in [0, 0.05) is 12.1 Å². The molecule has 1 heterocycles. The summed E-state index contributed by atoms with van der Waals surface area (Å²) in [5.74, 6) is 9.33. The molecule has 25 heavy (non-hydrogen) atoms. The summed E-state index contributed by atoms with van der Waals surface area (Å²) in [4.78, 5) is 13.5. The van der Waals surface area contributed by atoms with Crippen molar-refractivity contribution in [2.24, 2.45) is 17.3 Å². The minimum atomic E-state index is -0.226. The standard InChI is InChI=1S/C19H27N5O/c1-12(14-3-4-14)20-17-22-16(7-8-19(11-25)9-10-19)23-18(24-17)21-13(2)15-5-6-15/h12-15,25H,3-6,9-11H2,1-2H3,(H2,20,21,22,23,24)/t12-,13-/m1/s1. The molecule has 6 heteroatoms. The van der Waals surface area contributed by atoms with Gasteiger partial charge in [-0.05, 0) is 70.1 Å². The maximum Gasteiger partial charge on any atom is 0.228 e. The lowest BCUT2D eigenvalue weighted by atomic mass is 10.1. The highest BCUT2D eigenvalue weighted by atomic mass is 16.3. The molecule has 134 valence electrons. The number of aliphatic hydroxyl groups excluding tert-OH is 1. The number of nitrogens with one attached hydrogen (secondary N) is 2. The number of hydrogen-bond donors (Lipinski definition) is 3. The first-order valence-electron chi connectivity index (χ1n) is 9.50. The van der Waals surface area contributed by atoms with Crippen LogP contribution in [0.2, 0.25) is 0 Å². The van der Waals surface area contributed by atoms with Crippen LogP contribution in [0, 0.1) is 29.1 Å². The quantitative estimate of drug-likeness (QED) is 0.661. The maximum atomic E-state index is 9.44. The van der Waals surface area contributed by atoms with Crippen molar-refractivity contribution in [3.05, 3.63) is 5.82 Å². The van der Waals surface area contributed by atoms with Gasteiger partial charge in [-0.2, -0.15) is 15.0 Å². The fraction of sp³-hybridized carbons (Fsp3) is 0.737. The first-order chi connectivity index (χ1) is 12.1. The van der Waals surface area contributed by atoms with Crippen molar-refractivity contribution in [1.82, 2.24) is 15.0 Å². The van der Waals surface area contributed by atoms with Gasteiger partial charge in [-0.3, -0.25) is 0 Å². The molecular weight excluding hydrogens is 314 g/mol. The molecule has 3 N–H and O–H groups in total. The molecular formula is C19H27N5O. The molecule has 2 atom stereocenters. The predicted octanol–water partition coefficient (Wildman–Crippen LogP) is 2.42. The molecule has 0 radical (unpaired) electrons. The van der Waals surface area contributed by atoms with E-state index >= 15 is 0 Å². The molecule has 1 aromatic rings. The van der Waals surface area contributed by atoms with E-state index in [9.17, 15) is 5.11 Å². The molecule has 0 amide bonds. The van der Waals surface area contributed by atoms with Crippen LogP contribution in [-0.4, -0.2) is 38.7 Å². The number of rotatable bonds is 7. The monoisotopic (exact) mass is 341 g/mol. The molecule has 6 nitrogen and oxygen atoms in total. The third kappa shape index (κ3) is 4.21. The highest BCUT2D eigenvalue weighted by molar-refractivity contribution is 5.41. The Kier molecular flexibility index (Phi) is 4.28. The maximum absolute atomic E-state index is 9.44. The van der Waals surface area contributed by atoms with E-state index in [1.165, 1.54) is 25.7 Å². The van der Waals surface area contributed by atoms with Crippen molar-refractivity contribution >= 4 is 11.9 Å². The van der Waals surface area contributed by atoms with Crippen molar-refractivity contribution < 1.29 is 5.11 Å². The zero-order valence-corrected chi connectivity index (χ0v) is 15.0. The third-order valence-electron chi connectivity index (χ3n) is 5.60. The Morgan fingerprint density at radius 3 is 1.92 bits per heavy atom. The number of aliphatic hydroxyl groups is 1. The molecule has 3 fully saturated rings. The lowest BCUT2D eigenvalue weighted by molar-refractivity contribution is 0.247. The fourth-order valence-corrected chi connectivity index (χ4v) is 3.06. The van der Waals surface area contributed by atoms with Crippen LogP contribution in [0.5, 0.6) is 0 Å². The Morgan fingerprint density at radius 2 is 1.52 bits per heavy atom. The SMILES string of the molecule is C[C@@H](Nc1nc(C#CC2(CO)CC2)nc(N[C@H](C)C2CC2)n1)C1CC1. The van der Waals surface area contributed by atoms with Crippen LogP contribution < -0.4 is 10.6 Å². The van der Waals surface area contributed by atoms with Gasteiger partial charge in [0.25, 0.3) is 0 Å². The van der Waals surface area contributed by atoms with Crippen LogP contribution in [0.4, 0.5) is 11.9 Å². The average molecular weight is 341 g/mol. The minimum absolute atomic E-state index is 0.110. The average Bonchev–Trinajstić information content (AvgIpc) is 3.49. The summed E-state index contributed by atoms with van der Waals surface area (Å²) in [5.41, 5.74) is -0.226. The van der Waals surface area contributed by atoms with Crippen LogP contribution >= 0.6 is 0 Å². The summed E-state index contributed by atoms with van der Waals surface area (Å²) < 4.78 is 0. The third-order valence-corrected chi connectivity index (χ3v) is 5.60. The number of nitrogens with zero attached hydrogens (tertiary/aromatic N) is 3. The molecule has 0 spiro atoms. The molecule has 3 aliphatic rings. The lowest BCUT2D eigenvalue weighted by Crippen LogP contribution is -2.23. The van der Waals surface area contributed by atoms with Crippen LogP contribution in [0.3, 0.4) is 0 Å². The van der Waals surface area contributed by atoms with Crippen LogP contribution in [0.15, 0.2) is 0 Å². The van der Waals surface area contributed by atoms with Gasteiger partial charge in [-0.1, -0.05) is 5.92 Å². The zero-order chi connectivity index (χ0) is 17.4. The highest BCUT2D eigenvalue weighted by Crippen LogP contribution is 2.44. The molecule has 0 saturated heterocycles. The van der Waals surface area contributed by atoms with Crippen molar-refractivity contribution in [2.75, 3.05) is 17.2 Å². The van der Waals surface area contributed by atoms with Gasteiger partial charge in [-0.25, -0.2) is 0 Å². The van der Waals surface area contributed by atoms with E-state index in [4.69, 9.17) is 0 Å².